The Morgan fingerprint density at radius 3 is 2.00 bits per heavy atom. The number of hydrogen-bond donors (Lipinski definition) is 1. The lowest BCUT2D eigenvalue weighted by atomic mass is 9.99. The first-order chi connectivity index (χ1) is 10.3. The molecule has 3 aromatic carbocycles. The molecule has 102 valence electrons. The van der Waals surface area contributed by atoms with Gasteiger partial charge in [0.2, 0.25) is 0 Å². The number of rotatable bonds is 3. The molecule has 0 atom stereocenters. The second-order valence-corrected chi connectivity index (χ2v) is 5.26. The number of halogens is 1. The van der Waals surface area contributed by atoms with Crippen LogP contribution in [0.2, 0.25) is 5.02 Å². The molecule has 1 nitrogen and oxygen atoms in total. The molecule has 0 spiro atoms. The first-order valence-corrected chi connectivity index (χ1v) is 7.11. The lowest BCUT2D eigenvalue weighted by molar-refractivity contribution is 1.55. The molecule has 2 heteroatoms. The Hall–Kier alpha value is -2.38. The van der Waals surface area contributed by atoms with Crippen molar-refractivity contribution < 1.29 is 0 Å². The molecule has 0 unspecified atom stereocenters. The summed E-state index contributed by atoms with van der Waals surface area (Å²) in [7, 11) is 0. The third-order valence-corrected chi connectivity index (χ3v) is 3.72. The number of benzene rings is 3. The lowest BCUT2D eigenvalue weighted by Crippen LogP contribution is -1.86. The molecular weight excluding hydrogens is 278 g/mol. The quantitative estimate of drug-likeness (QED) is 0.475. The van der Waals surface area contributed by atoms with Gasteiger partial charge in [-0.3, -0.25) is 0 Å². The third-order valence-electron chi connectivity index (χ3n) is 3.47. The first-order valence-electron chi connectivity index (χ1n) is 6.74. The molecule has 0 aliphatic rings. The third kappa shape index (κ3) is 2.88. The van der Waals surface area contributed by atoms with Crippen molar-refractivity contribution in [1.29, 1.82) is 5.41 Å². The number of fused-ring (bicyclic) bond motifs is 1. The average molecular weight is 292 g/mol. The molecule has 0 aliphatic heterocycles. The van der Waals surface area contributed by atoms with Crippen LogP contribution >= 0.6 is 11.6 Å². The van der Waals surface area contributed by atoms with Crippen molar-refractivity contribution in [1.82, 2.24) is 0 Å². The zero-order chi connectivity index (χ0) is 14.7. The van der Waals surface area contributed by atoms with Gasteiger partial charge in [-0.05, 0) is 39.6 Å². The Labute approximate surface area is 129 Å². The van der Waals surface area contributed by atoms with Crippen molar-refractivity contribution in [2.75, 3.05) is 0 Å². The number of nitrogens with one attached hydrogen (secondary N) is 1. The Bertz CT molecular complexity index is 817. The smallest absolute Gasteiger partial charge is 0.0406 e. The second-order valence-electron chi connectivity index (χ2n) is 4.82. The molecule has 0 bridgehead atoms. The normalized spacial score (nSPS) is 11.1. The highest BCUT2D eigenvalue weighted by Crippen LogP contribution is 2.23. The topological polar surface area (TPSA) is 23.9 Å². The minimum Gasteiger partial charge on any atom is -0.308 e. The van der Waals surface area contributed by atoms with Gasteiger partial charge in [0.1, 0.15) is 0 Å². The summed E-state index contributed by atoms with van der Waals surface area (Å²) in [6.45, 7) is 0. The van der Waals surface area contributed by atoms with Gasteiger partial charge < -0.3 is 5.41 Å². The van der Waals surface area contributed by atoms with Gasteiger partial charge in [-0.25, -0.2) is 0 Å². The lowest BCUT2D eigenvalue weighted by Gasteiger charge is -2.05. The van der Waals surface area contributed by atoms with Gasteiger partial charge in [-0.2, -0.15) is 0 Å². The number of hydrogen-bond acceptors (Lipinski definition) is 1. The zero-order valence-corrected chi connectivity index (χ0v) is 12.1. The fraction of sp³-hybridized carbons (Fsp3) is 0. The largest absolute Gasteiger partial charge is 0.308 e. The molecule has 0 amide bonds. The maximum absolute atomic E-state index is 7.50. The molecule has 0 aromatic heterocycles. The van der Waals surface area contributed by atoms with E-state index in [1.807, 2.05) is 42.5 Å². The standard InChI is InChI=1S/C19H14ClN/c20-17-11-6-14(7-12-17)5-8-15-9-10-16(13-21)19-4-2-1-3-18(15)19/h1-13,21H/b8-5+,21-13?. The molecule has 3 rings (SSSR count). The Morgan fingerprint density at radius 2 is 1.33 bits per heavy atom. The van der Waals surface area contributed by atoms with Crippen LogP contribution in [0.1, 0.15) is 16.7 Å². The molecular formula is C19H14ClN. The zero-order valence-electron chi connectivity index (χ0n) is 11.4. The van der Waals surface area contributed by atoms with E-state index in [4.69, 9.17) is 17.0 Å². The van der Waals surface area contributed by atoms with Crippen LogP contribution in [0.4, 0.5) is 0 Å². The van der Waals surface area contributed by atoms with E-state index in [2.05, 4.69) is 30.4 Å². The second kappa shape index (κ2) is 5.94. The summed E-state index contributed by atoms with van der Waals surface area (Å²) in [4.78, 5) is 0. The predicted octanol–water partition coefficient (Wildman–Crippen LogP) is 5.66. The van der Waals surface area contributed by atoms with E-state index in [0.717, 1.165) is 32.5 Å². The van der Waals surface area contributed by atoms with Crippen molar-refractivity contribution >= 4 is 40.7 Å². The Balaban J connectivity index is 2.05. The molecule has 0 saturated carbocycles. The van der Waals surface area contributed by atoms with Crippen LogP contribution < -0.4 is 0 Å². The summed E-state index contributed by atoms with van der Waals surface area (Å²) in [5, 5.41) is 10.5. The summed E-state index contributed by atoms with van der Waals surface area (Å²) in [5.74, 6) is 0. The summed E-state index contributed by atoms with van der Waals surface area (Å²) in [6.07, 6.45) is 5.57. The molecule has 0 saturated heterocycles. The van der Waals surface area contributed by atoms with E-state index in [1.54, 1.807) is 0 Å². The SMILES string of the molecule is N=Cc1ccc(/C=C/c2ccc(Cl)cc2)c2ccccc12. The molecule has 0 aliphatic carbocycles. The molecule has 21 heavy (non-hydrogen) atoms. The molecule has 1 N–H and O–H groups in total. The summed E-state index contributed by atoms with van der Waals surface area (Å²) < 4.78 is 0. The van der Waals surface area contributed by atoms with E-state index >= 15 is 0 Å². The summed E-state index contributed by atoms with van der Waals surface area (Å²) >= 11 is 5.90. The van der Waals surface area contributed by atoms with Crippen molar-refractivity contribution in [3.63, 3.8) is 0 Å². The maximum Gasteiger partial charge on any atom is 0.0406 e. The van der Waals surface area contributed by atoms with Crippen LogP contribution in [0.15, 0.2) is 60.7 Å². The van der Waals surface area contributed by atoms with Crippen LogP contribution in [-0.2, 0) is 0 Å². The summed E-state index contributed by atoms with van der Waals surface area (Å²) in [6, 6.07) is 20.0. The Kier molecular flexibility index (Phi) is 3.85. The van der Waals surface area contributed by atoms with Gasteiger partial charge in [-0.15, -0.1) is 0 Å². The van der Waals surface area contributed by atoms with Crippen molar-refractivity contribution in [3.8, 4) is 0 Å². The van der Waals surface area contributed by atoms with Gasteiger partial charge >= 0.3 is 0 Å². The van der Waals surface area contributed by atoms with Crippen LogP contribution in [-0.4, -0.2) is 6.21 Å². The van der Waals surface area contributed by atoms with Gasteiger partial charge in [0.05, 0.1) is 0 Å². The van der Waals surface area contributed by atoms with E-state index in [-0.39, 0.29) is 0 Å². The summed E-state index contributed by atoms with van der Waals surface area (Å²) in [5.41, 5.74) is 3.19. The van der Waals surface area contributed by atoms with E-state index < -0.39 is 0 Å². The fourth-order valence-electron chi connectivity index (χ4n) is 2.38. The van der Waals surface area contributed by atoms with Crippen LogP contribution in [0.3, 0.4) is 0 Å². The van der Waals surface area contributed by atoms with Crippen molar-refractivity contribution in [2.24, 2.45) is 0 Å². The predicted molar refractivity (Wildman–Crippen MR) is 92.2 cm³/mol. The van der Waals surface area contributed by atoms with E-state index in [0.29, 0.717) is 0 Å². The fourth-order valence-corrected chi connectivity index (χ4v) is 2.50. The first kappa shape index (κ1) is 13.6. The monoisotopic (exact) mass is 291 g/mol. The highest BCUT2D eigenvalue weighted by atomic mass is 35.5. The van der Waals surface area contributed by atoms with Gasteiger partial charge in [0, 0.05) is 11.2 Å². The highest BCUT2D eigenvalue weighted by Gasteiger charge is 2.01. The molecule has 3 aromatic rings. The molecule has 0 heterocycles. The minimum absolute atomic E-state index is 0.743. The van der Waals surface area contributed by atoms with Gasteiger partial charge in [0.25, 0.3) is 0 Å². The van der Waals surface area contributed by atoms with Gasteiger partial charge in [0.15, 0.2) is 0 Å². The van der Waals surface area contributed by atoms with Crippen LogP contribution in [0.5, 0.6) is 0 Å². The maximum atomic E-state index is 7.50. The van der Waals surface area contributed by atoms with Crippen LogP contribution in [0.25, 0.3) is 22.9 Å². The van der Waals surface area contributed by atoms with Gasteiger partial charge in [-0.1, -0.05) is 72.3 Å². The molecule has 0 radical (unpaired) electrons. The highest BCUT2D eigenvalue weighted by molar-refractivity contribution is 6.30. The van der Waals surface area contributed by atoms with Crippen molar-refractivity contribution in [3.05, 3.63) is 82.4 Å². The molecule has 0 fully saturated rings. The minimum atomic E-state index is 0.743. The average Bonchev–Trinajstić information content (AvgIpc) is 2.54. The van der Waals surface area contributed by atoms with Crippen molar-refractivity contribution in [2.45, 2.75) is 0 Å². The van der Waals surface area contributed by atoms with E-state index in [1.165, 1.54) is 6.21 Å². The Morgan fingerprint density at radius 1 is 0.714 bits per heavy atom. The van der Waals surface area contributed by atoms with Crippen LogP contribution in [0, 0.1) is 5.41 Å². The van der Waals surface area contributed by atoms with E-state index in [9.17, 15) is 0 Å².